The van der Waals surface area contributed by atoms with E-state index in [2.05, 4.69) is 18.1 Å². The van der Waals surface area contributed by atoms with E-state index in [1.807, 2.05) is 32.9 Å². The largest absolute Gasteiger partial charge is 0.459 e. The summed E-state index contributed by atoms with van der Waals surface area (Å²) in [6.45, 7) is 7.93. The molecule has 3 rings (SSSR count). The van der Waals surface area contributed by atoms with Crippen molar-refractivity contribution in [1.29, 1.82) is 0 Å². The van der Waals surface area contributed by atoms with Gasteiger partial charge in [-0.15, -0.1) is 0 Å². The van der Waals surface area contributed by atoms with Crippen LogP contribution in [0.4, 0.5) is 0 Å². The lowest BCUT2D eigenvalue weighted by Crippen LogP contribution is -2.26. The lowest BCUT2D eigenvalue weighted by atomic mass is 9.89. The normalized spacial score (nSPS) is 18.5. The molecule has 1 atom stereocenters. The Bertz CT molecular complexity index is 783. The molecule has 1 unspecified atom stereocenters. The van der Waals surface area contributed by atoms with Crippen LogP contribution in [0.1, 0.15) is 52.7 Å². The van der Waals surface area contributed by atoms with Crippen LogP contribution in [0, 0.1) is 5.92 Å². The van der Waals surface area contributed by atoms with Gasteiger partial charge in [-0.25, -0.2) is 9.67 Å². The second-order valence-corrected chi connectivity index (χ2v) is 7.61. The van der Waals surface area contributed by atoms with Crippen molar-refractivity contribution in [2.24, 2.45) is 5.92 Å². The first-order valence-corrected chi connectivity index (χ1v) is 8.55. The van der Waals surface area contributed by atoms with Crippen molar-refractivity contribution in [2.75, 3.05) is 0 Å². The molecule has 2 aromatic heterocycles. The van der Waals surface area contributed by atoms with Gasteiger partial charge in [-0.05, 0) is 63.7 Å². The van der Waals surface area contributed by atoms with E-state index in [9.17, 15) is 4.79 Å². The number of esters is 1. The summed E-state index contributed by atoms with van der Waals surface area (Å²) in [5.74, 6) is 0.445. The number of aromatic nitrogens is 3. The number of pyridine rings is 1. The number of nitrogens with zero attached hydrogens (tertiary/aromatic N) is 3. The van der Waals surface area contributed by atoms with Crippen molar-refractivity contribution in [3.05, 3.63) is 30.1 Å². The van der Waals surface area contributed by atoms with Crippen LogP contribution < -0.4 is 0 Å². The van der Waals surface area contributed by atoms with Crippen molar-refractivity contribution in [3.63, 3.8) is 0 Å². The fourth-order valence-electron chi connectivity index (χ4n) is 2.94. The molecule has 0 saturated heterocycles. The van der Waals surface area contributed by atoms with Crippen LogP contribution in [-0.2, 0) is 16.1 Å². The van der Waals surface area contributed by atoms with Gasteiger partial charge >= 0.3 is 5.97 Å². The Hall–Kier alpha value is -2.17. The van der Waals surface area contributed by atoms with Crippen LogP contribution in [0.2, 0.25) is 0 Å². The van der Waals surface area contributed by atoms with Crippen molar-refractivity contribution < 1.29 is 9.53 Å². The molecule has 128 valence electrons. The zero-order chi connectivity index (χ0) is 17.3. The summed E-state index contributed by atoms with van der Waals surface area (Å²) in [7, 11) is 0. The van der Waals surface area contributed by atoms with Crippen LogP contribution in [0.25, 0.3) is 16.6 Å². The maximum absolute atomic E-state index is 12.1. The maximum Gasteiger partial charge on any atom is 0.328 e. The monoisotopic (exact) mass is 327 g/mol. The Morgan fingerprint density at radius 2 is 2.17 bits per heavy atom. The summed E-state index contributed by atoms with van der Waals surface area (Å²) in [4.78, 5) is 16.8. The van der Waals surface area contributed by atoms with Gasteiger partial charge in [-0.3, -0.25) is 4.79 Å². The Morgan fingerprint density at radius 3 is 2.83 bits per heavy atom. The first kappa shape index (κ1) is 16.7. The summed E-state index contributed by atoms with van der Waals surface area (Å²) < 4.78 is 7.00. The van der Waals surface area contributed by atoms with Crippen LogP contribution in [-0.4, -0.2) is 26.3 Å². The molecule has 0 bridgehead atoms. The summed E-state index contributed by atoms with van der Waals surface area (Å²) in [5.41, 5.74) is 2.51. The minimum absolute atomic E-state index is 0.0767. The highest BCUT2D eigenvalue weighted by Crippen LogP contribution is 2.29. The highest BCUT2D eigenvalue weighted by Gasteiger charge is 2.19. The molecule has 0 N–H and O–H groups in total. The standard InChI is InChI=1S/C19H25N3O2/c1-13-5-7-14(8-6-13)16-10-9-15-11-20-22(18(15)21-16)12-17(23)24-19(2,3)4/h7,9-11,13H,5-6,8,12H2,1-4H3. The summed E-state index contributed by atoms with van der Waals surface area (Å²) in [6, 6.07) is 4.07. The fourth-order valence-corrected chi connectivity index (χ4v) is 2.94. The van der Waals surface area contributed by atoms with Crippen molar-refractivity contribution in [2.45, 2.75) is 59.1 Å². The van der Waals surface area contributed by atoms with E-state index in [1.54, 1.807) is 10.9 Å². The predicted molar refractivity (Wildman–Crippen MR) is 94.4 cm³/mol. The number of carbonyl (C=O) groups excluding carboxylic acids is 1. The number of rotatable bonds is 3. The predicted octanol–water partition coefficient (Wildman–Crippen LogP) is 3.98. The van der Waals surface area contributed by atoms with E-state index < -0.39 is 5.60 Å². The number of ether oxygens (including phenoxy) is 1. The summed E-state index contributed by atoms with van der Waals surface area (Å²) in [5, 5.41) is 5.23. The molecule has 5 heteroatoms. The fraction of sp³-hybridized carbons (Fsp3) is 0.526. The Labute approximate surface area is 142 Å². The number of hydrogen-bond acceptors (Lipinski definition) is 4. The molecule has 24 heavy (non-hydrogen) atoms. The van der Waals surface area contributed by atoms with Crippen molar-refractivity contribution in [3.8, 4) is 0 Å². The minimum Gasteiger partial charge on any atom is -0.459 e. The molecule has 0 aromatic carbocycles. The highest BCUT2D eigenvalue weighted by molar-refractivity contribution is 5.79. The topological polar surface area (TPSA) is 57.0 Å². The number of carbonyl (C=O) groups is 1. The first-order valence-electron chi connectivity index (χ1n) is 8.55. The highest BCUT2D eigenvalue weighted by atomic mass is 16.6. The van der Waals surface area contributed by atoms with Crippen LogP contribution in [0.15, 0.2) is 24.4 Å². The molecule has 0 saturated carbocycles. The molecule has 1 aliphatic carbocycles. The quantitative estimate of drug-likeness (QED) is 0.800. The maximum atomic E-state index is 12.1. The zero-order valence-corrected chi connectivity index (χ0v) is 14.9. The minimum atomic E-state index is -0.498. The Kier molecular flexibility index (Phi) is 4.43. The third kappa shape index (κ3) is 3.83. The van der Waals surface area contributed by atoms with Gasteiger partial charge in [0.2, 0.25) is 0 Å². The van der Waals surface area contributed by atoms with Crippen molar-refractivity contribution in [1.82, 2.24) is 14.8 Å². The molecule has 2 aromatic rings. The van der Waals surface area contributed by atoms with Gasteiger partial charge in [-0.2, -0.15) is 5.10 Å². The first-order chi connectivity index (χ1) is 11.3. The Morgan fingerprint density at radius 1 is 1.38 bits per heavy atom. The number of allylic oxidation sites excluding steroid dienone is 2. The zero-order valence-electron chi connectivity index (χ0n) is 14.9. The molecule has 0 radical (unpaired) electrons. The van der Waals surface area contributed by atoms with E-state index in [4.69, 9.17) is 9.72 Å². The SMILES string of the molecule is CC1CC=C(c2ccc3cnn(CC(=O)OC(C)(C)C)c3n2)CC1. The van der Waals surface area contributed by atoms with Crippen molar-refractivity contribution >= 4 is 22.6 Å². The average Bonchev–Trinajstić information content (AvgIpc) is 2.88. The van der Waals surface area contributed by atoms with Crippen LogP contribution in [0.3, 0.4) is 0 Å². The van der Waals surface area contributed by atoms with Crippen LogP contribution >= 0.6 is 0 Å². The van der Waals surface area contributed by atoms with E-state index in [1.165, 1.54) is 12.0 Å². The van der Waals surface area contributed by atoms with E-state index in [-0.39, 0.29) is 12.5 Å². The van der Waals surface area contributed by atoms with Gasteiger partial charge in [0.1, 0.15) is 12.1 Å². The van der Waals surface area contributed by atoms with Gasteiger partial charge in [0.25, 0.3) is 0 Å². The lowest BCUT2D eigenvalue weighted by molar-refractivity contribution is -0.155. The molecule has 5 nitrogen and oxygen atoms in total. The molecular formula is C19H25N3O2. The molecule has 2 heterocycles. The van der Waals surface area contributed by atoms with Crippen LogP contribution in [0.5, 0.6) is 0 Å². The molecule has 1 aliphatic rings. The summed E-state index contributed by atoms with van der Waals surface area (Å²) >= 11 is 0. The second kappa shape index (κ2) is 6.38. The smallest absolute Gasteiger partial charge is 0.328 e. The van der Waals surface area contributed by atoms with Gasteiger partial charge in [0.05, 0.1) is 11.9 Å². The lowest BCUT2D eigenvalue weighted by Gasteiger charge is -2.19. The van der Waals surface area contributed by atoms with E-state index in [0.717, 1.165) is 35.5 Å². The number of fused-ring (bicyclic) bond motifs is 1. The van der Waals surface area contributed by atoms with Gasteiger partial charge < -0.3 is 4.74 Å². The van der Waals surface area contributed by atoms with Gasteiger partial charge in [-0.1, -0.05) is 13.0 Å². The third-order valence-corrected chi connectivity index (χ3v) is 4.19. The summed E-state index contributed by atoms with van der Waals surface area (Å²) in [6.07, 6.45) is 7.39. The van der Waals surface area contributed by atoms with E-state index in [0.29, 0.717) is 0 Å². The molecule has 0 amide bonds. The molecule has 0 aliphatic heterocycles. The Balaban J connectivity index is 1.85. The van der Waals surface area contributed by atoms with Gasteiger partial charge in [0.15, 0.2) is 5.65 Å². The second-order valence-electron chi connectivity index (χ2n) is 7.61. The van der Waals surface area contributed by atoms with E-state index >= 15 is 0 Å². The average molecular weight is 327 g/mol. The molecule has 0 fully saturated rings. The third-order valence-electron chi connectivity index (χ3n) is 4.19. The number of hydrogen-bond donors (Lipinski definition) is 0. The molecular weight excluding hydrogens is 302 g/mol. The van der Waals surface area contributed by atoms with Gasteiger partial charge in [0, 0.05) is 5.39 Å². The molecule has 0 spiro atoms.